The standard InChI is InChI=1S/C23H20BrN3O8S/c1-14-11-20(27(30)31)21(34-2)12-19(14)25-22(28)13-35-23(29)17-5-3-4-6-18(17)26-36(32,33)16-9-7-15(24)8-10-16/h3-12,26H,13H2,1-2H3,(H,25,28). The summed E-state index contributed by atoms with van der Waals surface area (Å²) in [5.74, 6) is -1.70. The number of ether oxygens (including phenoxy) is 2. The average molecular weight is 578 g/mol. The molecule has 0 aliphatic carbocycles. The summed E-state index contributed by atoms with van der Waals surface area (Å²) >= 11 is 3.24. The number of para-hydroxylation sites is 1. The van der Waals surface area contributed by atoms with E-state index < -0.39 is 33.4 Å². The summed E-state index contributed by atoms with van der Waals surface area (Å²) in [6.07, 6.45) is 0. The second-order valence-electron chi connectivity index (χ2n) is 7.33. The second-order valence-corrected chi connectivity index (χ2v) is 9.92. The molecule has 3 aromatic rings. The number of rotatable bonds is 9. The predicted molar refractivity (Wildman–Crippen MR) is 135 cm³/mol. The van der Waals surface area contributed by atoms with Crippen molar-refractivity contribution < 1.29 is 32.4 Å². The smallest absolute Gasteiger partial charge is 0.340 e. The van der Waals surface area contributed by atoms with E-state index in [1.165, 1.54) is 55.6 Å². The Labute approximate surface area is 214 Å². The van der Waals surface area contributed by atoms with Crippen molar-refractivity contribution in [3.63, 3.8) is 0 Å². The summed E-state index contributed by atoms with van der Waals surface area (Å²) in [4.78, 5) is 35.5. The van der Waals surface area contributed by atoms with Crippen LogP contribution in [0.3, 0.4) is 0 Å². The Balaban J connectivity index is 1.70. The molecule has 0 unspecified atom stereocenters. The van der Waals surface area contributed by atoms with Crippen molar-refractivity contribution >= 4 is 54.9 Å². The second kappa shape index (κ2) is 11.2. The van der Waals surface area contributed by atoms with Gasteiger partial charge in [0.05, 0.1) is 28.2 Å². The molecule has 3 rings (SSSR count). The quantitative estimate of drug-likeness (QED) is 0.217. The Morgan fingerprint density at radius 1 is 1.06 bits per heavy atom. The number of aryl methyl sites for hydroxylation is 1. The number of amides is 1. The fraction of sp³-hybridized carbons (Fsp3) is 0.130. The largest absolute Gasteiger partial charge is 0.490 e. The van der Waals surface area contributed by atoms with Gasteiger partial charge in [-0.25, -0.2) is 13.2 Å². The average Bonchev–Trinajstić information content (AvgIpc) is 2.83. The first-order valence-corrected chi connectivity index (χ1v) is 12.5. The van der Waals surface area contributed by atoms with Crippen LogP contribution in [0.1, 0.15) is 15.9 Å². The molecule has 3 aromatic carbocycles. The number of sulfonamides is 1. The molecule has 0 saturated carbocycles. The van der Waals surface area contributed by atoms with E-state index in [1.54, 1.807) is 19.1 Å². The first-order chi connectivity index (χ1) is 17.0. The number of halogens is 1. The first kappa shape index (κ1) is 26.6. The highest BCUT2D eigenvalue weighted by molar-refractivity contribution is 9.10. The number of carbonyl (C=O) groups is 2. The minimum atomic E-state index is -4.00. The van der Waals surface area contributed by atoms with Crippen LogP contribution >= 0.6 is 15.9 Å². The highest BCUT2D eigenvalue weighted by Crippen LogP contribution is 2.32. The number of nitrogens with one attached hydrogen (secondary N) is 2. The molecule has 0 radical (unpaired) electrons. The number of anilines is 2. The van der Waals surface area contributed by atoms with Crippen molar-refractivity contribution in [2.24, 2.45) is 0 Å². The highest BCUT2D eigenvalue weighted by atomic mass is 79.9. The van der Waals surface area contributed by atoms with E-state index in [0.717, 1.165) is 0 Å². The molecule has 11 nitrogen and oxygen atoms in total. The van der Waals surface area contributed by atoms with Gasteiger partial charge in [-0.3, -0.25) is 19.6 Å². The van der Waals surface area contributed by atoms with Gasteiger partial charge in [0.1, 0.15) is 0 Å². The van der Waals surface area contributed by atoms with E-state index in [1.807, 2.05) is 0 Å². The number of esters is 1. The lowest BCUT2D eigenvalue weighted by Gasteiger charge is -2.13. The van der Waals surface area contributed by atoms with Gasteiger partial charge in [0, 0.05) is 22.3 Å². The Kier molecular flexibility index (Phi) is 8.27. The number of nitrogens with zero attached hydrogens (tertiary/aromatic N) is 1. The molecule has 1 amide bonds. The van der Waals surface area contributed by atoms with Gasteiger partial charge in [-0.1, -0.05) is 28.1 Å². The van der Waals surface area contributed by atoms with Crippen molar-refractivity contribution in [3.8, 4) is 5.75 Å². The Morgan fingerprint density at radius 3 is 2.36 bits per heavy atom. The molecule has 0 fully saturated rings. The monoisotopic (exact) mass is 577 g/mol. The minimum Gasteiger partial charge on any atom is -0.490 e. The molecular weight excluding hydrogens is 558 g/mol. The number of benzene rings is 3. The van der Waals surface area contributed by atoms with Gasteiger partial charge in [-0.15, -0.1) is 0 Å². The zero-order valence-corrected chi connectivity index (χ0v) is 21.4. The molecule has 0 aromatic heterocycles. The molecule has 0 aliphatic heterocycles. The van der Waals surface area contributed by atoms with Crippen LogP contribution < -0.4 is 14.8 Å². The minimum absolute atomic E-state index is 0.0119. The lowest BCUT2D eigenvalue weighted by Crippen LogP contribution is -2.22. The van der Waals surface area contributed by atoms with Crippen LogP contribution in [0.5, 0.6) is 5.75 Å². The highest BCUT2D eigenvalue weighted by Gasteiger charge is 2.21. The molecule has 188 valence electrons. The van der Waals surface area contributed by atoms with E-state index in [0.29, 0.717) is 10.0 Å². The van der Waals surface area contributed by atoms with Gasteiger partial charge in [0.15, 0.2) is 12.4 Å². The zero-order valence-electron chi connectivity index (χ0n) is 19.0. The van der Waals surface area contributed by atoms with Crippen LogP contribution in [-0.4, -0.2) is 38.9 Å². The topological polar surface area (TPSA) is 154 Å². The van der Waals surface area contributed by atoms with E-state index in [4.69, 9.17) is 9.47 Å². The summed E-state index contributed by atoms with van der Waals surface area (Å²) in [7, 11) is -2.74. The normalized spacial score (nSPS) is 10.9. The van der Waals surface area contributed by atoms with Gasteiger partial charge in [0.2, 0.25) is 0 Å². The number of carbonyl (C=O) groups excluding carboxylic acids is 2. The fourth-order valence-electron chi connectivity index (χ4n) is 3.08. The van der Waals surface area contributed by atoms with Crippen LogP contribution in [-0.2, 0) is 19.6 Å². The maximum Gasteiger partial charge on any atom is 0.340 e. The summed E-state index contributed by atoms with van der Waals surface area (Å²) in [6.45, 7) is 0.868. The summed E-state index contributed by atoms with van der Waals surface area (Å²) in [5, 5.41) is 13.6. The van der Waals surface area contributed by atoms with Crippen molar-refractivity contribution in [2.45, 2.75) is 11.8 Å². The third-order valence-corrected chi connectivity index (χ3v) is 6.76. The van der Waals surface area contributed by atoms with Crippen LogP contribution in [0.15, 0.2) is 70.0 Å². The SMILES string of the molecule is COc1cc(NC(=O)COC(=O)c2ccccc2NS(=O)(=O)c2ccc(Br)cc2)c(C)cc1[N+](=O)[O-]. The summed E-state index contributed by atoms with van der Waals surface area (Å²) in [5.41, 5.74) is 0.249. The Morgan fingerprint density at radius 2 is 1.72 bits per heavy atom. The lowest BCUT2D eigenvalue weighted by atomic mass is 10.1. The van der Waals surface area contributed by atoms with Crippen LogP contribution in [0.4, 0.5) is 17.1 Å². The van der Waals surface area contributed by atoms with E-state index in [9.17, 15) is 28.1 Å². The summed E-state index contributed by atoms with van der Waals surface area (Å²) in [6, 6.07) is 14.2. The van der Waals surface area contributed by atoms with Gasteiger partial charge in [-0.05, 0) is 48.9 Å². The van der Waals surface area contributed by atoms with Gasteiger partial charge < -0.3 is 14.8 Å². The fourth-order valence-corrected chi connectivity index (χ4v) is 4.42. The number of hydrogen-bond acceptors (Lipinski definition) is 8. The number of methoxy groups -OCH3 is 1. The van der Waals surface area contributed by atoms with Gasteiger partial charge in [-0.2, -0.15) is 0 Å². The summed E-state index contributed by atoms with van der Waals surface area (Å²) < 4.78 is 38.5. The van der Waals surface area contributed by atoms with Gasteiger partial charge >= 0.3 is 11.7 Å². The molecule has 13 heteroatoms. The lowest BCUT2D eigenvalue weighted by molar-refractivity contribution is -0.385. The van der Waals surface area contributed by atoms with E-state index >= 15 is 0 Å². The molecule has 0 heterocycles. The van der Waals surface area contributed by atoms with Crippen molar-refractivity contribution in [3.05, 3.63) is 86.4 Å². The third kappa shape index (κ3) is 6.37. The van der Waals surface area contributed by atoms with Crippen molar-refractivity contribution in [2.75, 3.05) is 23.8 Å². The first-order valence-electron chi connectivity index (χ1n) is 10.2. The van der Waals surface area contributed by atoms with Crippen LogP contribution in [0.2, 0.25) is 0 Å². The predicted octanol–water partition coefficient (Wildman–Crippen LogP) is 4.27. The van der Waals surface area contributed by atoms with Crippen LogP contribution in [0, 0.1) is 17.0 Å². The molecule has 0 spiro atoms. The molecule has 36 heavy (non-hydrogen) atoms. The molecule has 0 aliphatic rings. The zero-order chi connectivity index (χ0) is 26.5. The Hall–Kier alpha value is -3.97. The number of hydrogen-bond donors (Lipinski definition) is 2. The van der Waals surface area contributed by atoms with Crippen LogP contribution in [0.25, 0.3) is 0 Å². The number of nitro groups is 1. The van der Waals surface area contributed by atoms with Crippen molar-refractivity contribution in [1.29, 1.82) is 0 Å². The van der Waals surface area contributed by atoms with E-state index in [2.05, 4.69) is 26.0 Å². The third-order valence-electron chi connectivity index (χ3n) is 4.85. The molecule has 0 atom stereocenters. The molecular formula is C23H20BrN3O8S. The Bertz CT molecular complexity index is 1430. The van der Waals surface area contributed by atoms with E-state index in [-0.39, 0.29) is 33.3 Å². The number of nitro benzene ring substituents is 1. The molecule has 0 bridgehead atoms. The molecule has 0 saturated heterocycles. The molecule has 2 N–H and O–H groups in total. The van der Waals surface area contributed by atoms with Gasteiger partial charge in [0.25, 0.3) is 15.9 Å². The maximum atomic E-state index is 12.7. The van der Waals surface area contributed by atoms with Crippen molar-refractivity contribution in [1.82, 2.24) is 0 Å². The maximum absolute atomic E-state index is 12.7.